The summed E-state index contributed by atoms with van der Waals surface area (Å²) in [4.78, 5) is 4.02. The molecule has 0 saturated carbocycles. The van der Waals surface area contributed by atoms with Gasteiger partial charge in [-0.25, -0.2) is 17.6 Å². The average Bonchev–Trinajstić information content (AvgIpc) is 3.45. The Kier molecular flexibility index (Phi) is 5.95. The van der Waals surface area contributed by atoms with Crippen molar-refractivity contribution in [3.63, 3.8) is 0 Å². The molecule has 1 fully saturated rings. The van der Waals surface area contributed by atoms with Gasteiger partial charge in [0.1, 0.15) is 29.8 Å². The van der Waals surface area contributed by atoms with E-state index in [1.165, 1.54) is 41.3 Å². The summed E-state index contributed by atoms with van der Waals surface area (Å²) < 4.78 is 95.4. The minimum absolute atomic E-state index is 0.0257. The fraction of sp³-hybridized carbons (Fsp3) is 0.333. The maximum atomic E-state index is 14.3. The van der Waals surface area contributed by atoms with Gasteiger partial charge >= 0.3 is 18.4 Å². The molecule has 0 bridgehead atoms. The zero-order chi connectivity index (χ0) is 23.8. The maximum absolute atomic E-state index is 14.3. The molecule has 0 aliphatic carbocycles. The van der Waals surface area contributed by atoms with Crippen molar-refractivity contribution >= 4 is 0 Å². The van der Waals surface area contributed by atoms with Gasteiger partial charge in [0.25, 0.3) is 0 Å². The van der Waals surface area contributed by atoms with Crippen LogP contribution in [0.3, 0.4) is 0 Å². The first-order chi connectivity index (χ1) is 15.6. The molecular formula is C21H17F6N3O3. The van der Waals surface area contributed by atoms with Gasteiger partial charge in [0.2, 0.25) is 0 Å². The van der Waals surface area contributed by atoms with Crippen molar-refractivity contribution in [3.05, 3.63) is 66.0 Å². The van der Waals surface area contributed by atoms with E-state index in [-0.39, 0.29) is 23.9 Å². The molecule has 33 heavy (non-hydrogen) atoms. The van der Waals surface area contributed by atoms with Gasteiger partial charge < -0.3 is 14.2 Å². The van der Waals surface area contributed by atoms with E-state index in [4.69, 9.17) is 14.2 Å². The van der Waals surface area contributed by atoms with E-state index < -0.39 is 42.3 Å². The van der Waals surface area contributed by atoms with Gasteiger partial charge in [-0.3, -0.25) is 0 Å². The molecule has 2 atom stereocenters. The molecule has 1 aliphatic rings. The van der Waals surface area contributed by atoms with E-state index in [0.29, 0.717) is 5.69 Å². The molecule has 1 aliphatic heterocycles. The highest BCUT2D eigenvalue weighted by Crippen LogP contribution is 2.44. The van der Waals surface area contributed by atoms with Gasteiger partial charge in [0.15, 0.2) is 12.2 Å². The summed E-state index contributed by atoms with van der Waals surface area (Å²) in [7, 11) is 0. The van der Waals surface area contributed by atoms with Crippen LogP contribution in [-0.2, 0) is 10.3 Å². The third-order valence-electron chi connectivity index (χ3n) is 5.13. The van der Waals surface area contributed by atoms with Crippen LogP contribution in [0.4, 0.5) is 26.3 Å². The van der Waals surface area contributed by atoms with Crippen molar-refractivity contribution in [1.29, 1.82) is 0 Å². The molecule has 1 saturated heterocycles. The number of aromatic nitrogens is 3. The largest absolute Gasteiger partial charge is 0.487 e. The van der Waals surface area contributed by atoms with Crippen molar-refractivity contribution in [2.45, 2.75) is 31.0 Å². The minimum Gasteiger partial charge on any atom is -0.487 e. The number of benzene rings is 2. The van der Waals surface area contributed by atoms with Crippen LogP contribution in [0.25, 0.3) is 5.69 Å². The zero-order valence-corrected chi connectivity index (χ0v) is 17.0. The molecule has 6 nitrogen and oxygen atoms in total. The fourth-order valence-electron chi connectivity index (χ4n) is 3.19. The van der Waals surface area contributed by atoms with Crippen LogP contribution in [0.5, 0.6) is 11.8 Å². The van der Waals surface area contributed by atoms with Crippen LogP contribution in [0.1, 0.15) is 12.5 Å². The molecule has 0 amide bonds. The van der Waals surface area contributed by atoms with Crippen LogP contribution >= 0.6 is 0 Å². The van der Waals surface area contributed by atoms with Crippen molar-refractivity contribution in [3.8, 4) is 17.4 Å². The van der Waals surface area contributed by atoms with Gasteiger partial charge in [-0.1, -0.05) is 6.07 Å². The zero-order valence-electron chi connectivity index (χ0n) is 17.0. The number of alkyl halides is 4. The number of rotatable bonds is 9. The lowest BCUT2D eigenvalue weighted by Crippen LogP contribution is -2.33. The summed E-state index contributed by atoms with van der Waals surface area (Å²) in [6, 6.07) is 8.66. The number of hydrogen-bond donors (Lipinski definition) is 0. The minimum atomic E-state index is -4.27. The molecule has 2 heterocycles. The lowest BCUT2D eigenvalue weighted by Gasteiger charge is -2.22. The predicted molar refractivity (Wildman–Crippen MR) is 102 cm³/mol. The van der Waals surface area contributed by atoms with Gasteiger partial charge in [0, 0.05) is 11.6 Å². The van der Waals surface area contributed by atoms with Crippen LogP contribution in [-0.4, -0.2) is 46.4 Å². The van der Waals surface area contributed by atoms with E-state index in [9.17, 15) is 26.3 Å². The SMILES string of the molecule is C[C@@H](Oc1ncnn1-c1ccc(OCC(F)(F)C(F)F)cc1)[C@@]1(c2ccc(F)cc2F)CO1. The van der Waals surface area contributed by atoms with Crippen LogP contribution < -0.4 is 9.47 Å². The van der Waals surface area contributed by atoms with E-state index in [2.05, 4.69) is 10.1 Å². The Morgan fingerprint density at radius 1 is 1.15 bits per heavy atom. The van der Waals surface area contributed by atoms with Crippen LogP contribution in [0.2, 0.25) is 0 Å². The van der Waals surface area contributed by atoms with Gasteiger partial charge in [0.05, 0.1) is 12.3 Å². The highest BCUT2D eigenvalue weighted by molar-refractivity contribution is 5.38. The topological polar surface area (TPSA) is 61.7 Å². The lowest BCUT2D eigenvalue weighted by molar-refractivity contribution is -0.148. The normalized spacial score (nSPS) is 18.9. The molecule has 3 aromatic rings. The molecule has 2 aromatic carbocycles. The van der Waals surface area contributed by atoms with E-state index in [0.717, 1.165) is 12.1 Å². The Morgan fingerprint density at radius 3 is 2.45 bits per heavy atom. The average molecular weight is 473 g/mol. The lowest BCUT2D eigenvalue weighted by atomic mass is 9.94. The summed E-state index contributed by atoms with van der Waals surface area (Å²) in [5.74, 6) is -5.80. The highest BCUT2D eigenvalue weighted by atomic mass is 19.3. The number of ether oxygens (including phenoxy) is 3. The molecular weight excluding hydrogens is 456 g/mol. The Morgan fingerprint density at radius 2 is 1.85 bits per heavy atom. The van der Waals surface area contributed by atoms with Crippen LogP contribution in [0.15, 0.2) is 48.8 Å². The Bertz CT molecular complexity index is 1120. The molecule has 0 N–H and O–H groups in total. The summed E-state index contributed by atoms with van der Waals surface area (Å²) in [5, 5.41) is 4.04. The smallest absolute Gasteiger partial charge is 0.340 e. The molecule has 176 valence electrons. The monoisotopic (exact) mass is 473 g/mol. The Balaban J connectivity index is 1.47. The summed E-state index contributed by atoms with van der Waals surface area (Å²) in [6.45, 7) is 0.316. The number of nitrogens with zero attached hydrogens (tertiary/aromatic N) is 3. The fourth-order valence-corrected chi connectivity index (χ4v) is 3.19. The highest BCUT2D eigenvalue weighted by Gasteiger charge is 2.55. The second-order valence-corrected chi connectivity index (χ2v) is 7.36. The van der Waals surface area contributed by atoms with E-state index in [1.807, 2.05) is 0 Å². The number of epoxide rings is 1. The molecule has 0 spiro atoms. The van der Waals surface area contributed by atoms with E-state index >= 15 is 0 Å². The quantitative estimate of drug-likeness (QED) is 0.338. The summed E-state index contributed by atoms with van der Waals surface area (Å²) in [6.07, 6.45) is -3.37. The first kappa shape index (κ1) is 22.9. The van der Waals surface area contributed by atoms with Crippen molar-refractivity contribution in [2.75, 3.05) is 13.2 Å². The van der Waals surface area contributed by atoms with Crippen molar-refractivity contribution in [2.24, 2.45) is 0 Å². The Hall–Kier alpha value is -3.28. The second kappa shape index (κ2) is 8.58. The van der Waals surface area contributed by atoms with Crippen LogP contribution in [0, 0.1) is 11.6 Å². The third-order valence-corrected chi connectivity index (χ3v) is 5.13. The third kappa shape index (κ3) is 4.61. The number of hydrogen-bond acceptors (Lipinski definition) is 5. The molecule has 12 heteroatoms. The van der Waals surface area contributed by atoms with Gasteiger partial charge in [-0.05, 0) is 37.3 Å². The summed E-state index contributed by atoms with van der Waals surface area (Å²) in [5.41, 5.74) is -0.576. The molecule has 1 aromatic heterocycles. The predicted octanol–water partition coefficient (Wildman–Crippen LogP) is 4.52. The van der Waals surface area contributed by atoms with Gasteiger partial charge in [-0.15, -0.1) is 0 Å². The molecule has 0 radical (unpaired) electrons. The maximum Gasteiger partial charge on any atom is 0.340 e. The first-order valence-electron chi connectivity index (χ1n) is 9.68. The Labute approximate surface area is 183 Å². The van der Waals surface area contributed by atoms with Crippen molar-refractivity contribution < 1.29 is 40.6 Å². The summed E-state index contributed by atoms with van der Waals surface area (Å²) >= 11 is 0. The standard InChI is InChI=1S/C21H17F6N3O3/c1-12(20(9-32-20)16-7-2-13(22)8-17(16)23)33-19-28-11-29-30(19)14-3-5-15(6-4-14)31-10-21(26,27)18(24)25/h2-8,11-12,18H,9-10H2,1H3/t12-,20-/m1/s1. The van der Waals surface area contributed by atoms with E-state index in [1.54, 1.807) is 6.92 Å². The van der Waals surface area contributed by atoms with Gasteiger partial charge in [-0.2, -0.15) is 23.5 Å². The first-order valence-corrected chi connectivity index (χ1v) is 9.68. The number of halogens is 6. The molecule has 0 unspecified atom stereocenters. The second-order valence-electron chi connectivity index (χ2n) is 7.36. The van der Waals surface area contributed by atoms with Crippen molar-refractivity contribution in [1.82, 2.24) is 14.8 Å². The molecule has 4 rings (SSSR count).